The summed E-state index contributed by atoms with van der Waals surface area (Å²) < 4.78 is 2.11. The molecule has 0 spiro atoms. The molecule has 0 amide bonds. The van der Waals surface area contributed by atoms with Gasteiger partial charge in [-0.1, -0.05) is 41.4 Å². The zero-order valence-electron chi connectivity index (χ0n) is 14.9. The molecule has 0 aliphatic heterocycles. The number of nitrogens with one attached hydrogen (secondary N) is 1. The molecule has 0 saturated heterocycles. The SMILES string of the molecule is Cc1ccc(-c2nc3sccn3c2-c2csc(Nc3ccc(Cl)cc3)n2)cc1. The molecule has 0 bridgehead atoms. The van der Waals surface area contributed by atoms with Gasteiger partial charge in [-0.3, -0.25) is 4.40 Å². The topological polar surface area (TPSA) is 42.2 Å². The lowest BCUT2D eigenvalue weighted by Gasteiger charge is -2.04. The number of aryl methyl sites for hydroxylation is 1. The van der Waals surface area contributed by atoms with Crippen LogP contribution in [0.15, 0.2) is 65.5 Å². The van der Waals surface area contributed by atoms with Gasteiger partial charge in [0.1, 0.15) is 11.4 Å². The Labute approximate surface area is 175 Å². The van der Waals surface area contributed by atoms with E-state index >= 15 is 0 Å². The van der Waals surface area contributed by atoms with Crippen molar-refractivity contribution in [3.63, 3.8) is 0 Å². The third-order valence-corrected chi connectivity index (χ3v) is 6.20. The Morgan fingerprint density at radius 2 is 1.75 bits per heavy atom. The van der Waals surface area contributed by atoms with Crippen molar-refractivity contribution < 1.29 is 0 Å². The molecule has 4 nitrogen and oxygen atoms in total. The van der Waals surface area contributed by atoms with Crippen molar-refractivity contribution in [3.05, 3.63) is 76.1 Å². The number of thiazole rings is 2. The van der Waals surface area contributed by atoms with E-state index in [0.717, 1.165) is 38.4 Å². The van der Waals surface area contributed by atoms with Crippen molar-refractivity contribution >= 4 is 50.1 Å². The first-order valence-corrected chi connectivity index (χ1v) is 10.8. The quantitative estimate of drug-likeness (QED) is 0.342. The molecule has 3 heterocycles. The number of benzene rings is 2. The third kappa shape index (κ3) is 3.20. The summed E-state index contributed by atoms with van der Waals surface area (Å²) in [5, 5.41) is 9.00. The highest BCUT2D eigenvalue weighted by molar-refractivity contribution is 7.15. The highest BCUT2D eigenvalue weighted by Crippen LogP contribution is 2.36. The monoisotopic (exact) mass is 422 g/mol. The number of aromatic nitrogens is 3. The Kier molecular flexibility index (Phi) is 4.39. The van der Waals surface area contributed by atoms with Crippen molar-refractivity contribution in [1.82, 2.24) is 14.4 Å². The molecule has 138 valence electrons. The number of nitrogens with zero attached hydrogens (tertiary/aromatic N) is 3. The zero-order chi connectivity index (χ0) is 19.1. The molecule has 2 aromatic carbocycles. The fourth-order valence-electron chi connectivity index (χ4n) is 3.04. The summed E-state index contributed by atoms with van der Waals surface area (Å²) >= 11 is 9.16. The molecule has 0 atom stereocenters. The Hall–Kier alpha value is -2.67. The molecule has 3 aromatic heterocycles. The van der Waals surface area contributed by atoms with Gasteiger partial charge in [-0.15, -0.1) is 22.7 Å². The molecule has 0 saturated carbocycles. The van der Waals surface area contributed by atoms with Crippen LogP contribution in [0, 0.1) is 6.92 Å². The van der Waals surface area contributed by atoms with Gasteiger partial charge in [-0.05, 0) is 31.2 Å². The first-order valence-electron chi connectivity index (χ1n) is 8.68. The minimum Gasteiger partial charge on any atom is -0.332 e. The summed E-state index contributed by atoms with van der Waals surface area (Å²) in [4.78, 5) is 10.6. The van der Waals surface area contributed by atoms with E-state index < -0.39 is 0 Å². The highest BCUT2D eigenvalue weighted by Gasteiger charge is 2.19. The number of fused-ring (bicyclic) bond motifs is 1. The van der Waals surface area contributed by atoms with Gasteiger partial charge in [0.15, 0.2) is 10.1 Å². The average Bonchev–Trinajstić information content (AvgIpc) is 3.40. The summed E-state index contributed by atoms with van der Waals surface area (Å²) in [5.74, 6) is 0. The van der Waals surface area contributed by atoms with E-state index in [1.165, 1.54) is 5.56 Å². The van der Waals surface area contributed by atoms with E-state index in [1.807, 2.05) is 35.8 Å². The van der Waals surface area contributed by atoms with Crippen LogP contribution in [0.1, 0.15) is 5.56 Å². The first kappa shape index (κ1) is 17.4. The number of anilines is 2. The van der Waals surface area contributed by atoms with Crippen molar-refractivity contribution in [2.45, 2.75) is 6.92 Å². The van der Waals surface area contributed by atoms with Crippen LogP contribution in [0.3, 0.4) is 0 Å². The lowest BCUT2D eigenvalue weighted by atomic mass is 10.1. The van der Waals surface area contributed by atoms with Crippen LogP contribution < -0.4 is 5.32 Å². The van der Waals surface area contributed by atoms with Crippen LogP contribution in [0.2, 0.25) is 5.02 Å². The molecule has 0 aliphatic rings. The predicted molar refractivity (Wildman–Crippen MR) is 119 cm³/mol. The lowest BCUT2D eigenvalue weighted by molar-refractivity contribution is 1.21. The number of hydrogen-bond donors (Lipinski definition) is 1. The third-order valence-electron chi connectivity index (χ3n) is 4.43. The molecule has 0 radical (unpaired) electrons. The molecule has 5 rings (SSSR count). The van der Waals surface area contributed by atoms with E-state index in [-0.39, 0.29) is 0 Å². The van der Waals surface area contributed by atoms with Gasteiger partial charge < -0.3 is 5.32 Å². The van der Waals surface area contributed by atoms with Gasteiger partial charge in [-0.2, -0.15) is 0 Å². The van der Waals surface area contributed by atoms with Gasteiger partial charge in [-0.25, -0.2) is 9.97 Å². The summed E-state index contributed by atoms with van der Waals surface area (Å²) in [6.07, 6.45) is 2.05. The fourth-order valence-corrected chi connectivity index (χ4v) is 4.60. The smallest absolute Gasteiger partial charge is 0.194 e. The van der Waals surface area contributed by atoms with E-state index in [9.17, 15) is 0 Å². The standard InChI is InChI=1S/C21H15ClN4S2/c1-13-2-4-14(5-3-13)18-19(26-10-11-27-21(26)25-18)17-12-28-20(24-17)23-16-8-6-15(22)7-9-16/h2-12H,1H3,(H,23,24). The summed E-state index contributed by atoms with van der Waals surface area (Å²) in [7, 11) is 0. The van der Waals surface area contributed by atoms with Crippen LogP contribution in [-0.4, -0.2) is 14.4 Å². The van der Waals surface area contributed by atoms with Crippen molar-refractivity contribution in [2.75, 3.05) is 5.32 Å². The van der Waals surface area contributed by atoms with Crippen molar-refractivity contribution in [3.8, 4) is 22.6 Å². The maximum absolute atomic E-state index is 5.97. The second kappa shape index (κ2) is 7.05. The van der Waals surface area contributed by atoms with Gasteiger partial charge in [0, 0.05) is 33.2 Å². The second-order valence-corrected chi connectivity index (χ2v) is 8.57. The highest BCUT2D eigenvalue weighted by atomic mass is 35.5. The van der Waals surface area contributed by atoms with Crippen LogP contribution in [0.5, 0.6) is 0 Å². The average molecular weight is 423 g/mol. The van der Waals surface area contributed by atoms with Crippen LogP contribution >= 0.6 is 34.3 Å². The van der Waals surface area contributed by atoms with Crippen LogP contribution in [-0.2, 0) is 0 Å². The van der Waals surface area contributed by atoms with E-state index in [2.05, 4.69) is 46.3 Å². The minimum atomic E-state index is 0.715. The first-order chi connectivity index (χ1) is 13.7. The van der Waals surface area contributed by atoms with Gasteiger partial charge in [0.25, 0.3) is 0 Å². The Morgan fingerprint density at radius 3 is 2.54 bits per heavy atom. The molecule has 0 fully saturated rings. The lowest BCUT2D eigenvalue weighted by Crippen LogP contribution is -1.91. The predicted octanol–water partition coefficient (Wildman–Crippen LogP) is 6.89. The molecule has 28 heavy (non-hydrogen) atoms. The van der Waals surface area contributed by atoms with Gasteiger partial charge >= 0.3 is 0 Å². The number of imidazole rings is 1. The maximum atomic E-state index is 5.97. The molecule has 0 aliphatic carbocycles. The minimum absolute atomic E-state index is 0.715. The van der Waals surface area contributed by atoms with Crippen molar-refractivity contribution in [2.24, 2.45) is 0 Å². The largest absolute Gasteiger partial charge is 0.332 e. The van der Waals surface area contributed by atoms with E-state index in [0.29, 0.717) is 5.02 Å². The Balaban J connectivity index is 1.56. The van der Waals surface area contributed by atoms with Crippen molar-refractivity contribution in [1.29, 1.82) is 0 Å². The molecule has 0 unspecified atom stereocenters. The maximum Gasteiger partial charge on any atom is 0.194 e. The summed E-state index contributed by atoms with van der Waals surface area (Å²) in [6, 6.07) is 16.1. The fraction of sp³-hybridized carbons (Fsp3) is 0.0476. The summed E-state index contributed by atoms with van der Waals surface area (Å²) in [5.41, 5.74) is 6.16. The Morgan fingerprint density at radius 1 is 0.964 bits per heavy atom. The van der Waals surface area contributed by atoms with Gasteiger partial charge in [0.05, 0.1) is 5.69 Å². The molecule has 5 aromatic rings. The molecular weight excluding hydrogens is 408 g/mol. The molecule has 7 heteroatoms. The van der Waals surface area contributed by atoms with Crippen LogP contribution in [0.4, 0.5) is 10.8 Å². The normalized spacial score (nSPS) is 11.2. The summed E-state index contributed by atoms with van der Waals surface area (Å²) in [6.45, 7) is 2.09. The van der Waals surface area contributed by atoms with Gasteiger partial charge in [0.2, 0.25) is 0 Å². The number of halogens is 1. The van der Waals surface area contributed by atoms with E-state index in [1.54, 1.807) is 22.7 Å². The molecule has 1 N–H and O–H groups in total. The van der Waals surface area contributed by atoms with Crippen LogP contribution in [0.25, 0.3) is 27.6 Å². The number of hydrogen-bond acceptors (Lipinski definition) is 5. The number of rotatable bonds is 4. The second-order valence-electron chi connectivity index (χ2n) is 6.40. The van der Waals surface area contributed by atoms with E-state index in [4.69, 9.17) is 21.6 Å². The Bertz CT molecular complexity index is 1250. The zero-order valence-corrected chi connectivity index (χ0v) is 17.3. The molecular formula is C21H15ClN4S2.